The molecule has 2 aliphatic rings. The Kier molecular flexibility index (Phi) is 5.17. The number of amides is 1. The van der Waals surface area contributed by atoms with Gasteiger partial charge >= 0.3 is 5.97 Å². The number of ether oxygens (including phenoxy) is 2. The molecule has 0 saturated carbocycles. The number of rotatable bonds is 5. The Morgan fingerprint density at radius 2 is 1.94 bits per heavy atom. The molecular weight excluding hydrogens is 448 g/mol. The predicted molar refractivity (Wildman–Crippen MR) is 129 cm³/mol. The number of carbonyl (C=O) groups excluding carboxylic acids is 2. The third kappa shape index (κ3) is 4.14. The van der Waals surface area contributed by atoms with E-state index in [1.165, 1.54) is 0 Å². The van der Waals surface area contributed by atoms with Gasteiger partial charge in [0, 0.05) is 24.9 Å². The molecule has 0 unspecified atom stereocenters. The lowest BCUT2D eigenvalue weighted by atomic mass is 9.93. The highest BCUT2D eigenvalue weighted by atomic mass is 16.6. The predicted octanol–water partition coefficient (Wildman–Crippen LogP) is 2.98. The smallest absolute Gasteiger partial charge is 0.341 e. The monoisotopic (exact) mass is 476 g/mol. The van der Waals surface area contributed by atoms with Crippen LogP contribution in [0.1, 0.15) is 56.2 Å². The second-order valence-electron chi connectivity index (χ2n) is 10.1. The number of hydrogen-bond acceptors (Lipinski definition) is 9. The second kappa shape index (κ2) is 7.88. The average Bonchev–Trinajstić information content (AvgIpc) is 2.96. The molecule has 1 fully saturated rings. The summed E-state index contributed by atoms with van der Waals surface area (Å²) < 4.78 is 11.5. The quantitative estimate of drug-likeness (QED) is 0.533. The maximum atomic E-state index is 12.1. The number of nitrogens with two attached hydrogens (primary N) is 1. The molecule has 0 atom stereocenters. The molecule has 1 amide bonds. The van der Waals surface area contributed by atoms with Crippen LogP contribution in [-0.2, 0) is 20.7 Å². The zero-order valence-electron chi connectivity index (χ0n) is 20.4. The highest BCUT2D eigenvalue weighted by Gasteiger charge is 2.39. The fourth-order valence-corrected chi connectivity index (χ4v) is 4.33. The van der Waals surface area contributed by atoms with E-state index in [4.69, 9.17) is 15.2 Å². The van der Waals surface area contributed by atoms with Gasteiger partial charge in [-0.3, -0.25) is 4.79 Å². The maximum Gasteiger partial charge on any atom is 0.341 e. The van der Waals surface area contributed by atoms with Gasteiger partial charge in [-0.2, -0.15) is 0 Å². The van der Waals surface area contributed by atoms with Gasteiger partial charge < -0.3 is 25.4 Å². The zero-order valence-corrected chi connectivity index (χ0v) is 20.4. The van der Waals surface area contributed by atoms with Gasteiger partial charge in [0.15, 0.2) is 0 Å². The minimum Gasteiger partial charge on any atom is -0.470 e. The summed E-state index contributed by atoms with van der Waals surface area (Å²) >= 11 is 0. The number of hydrogen-bond donors (Lipinski definition) is 2. The number of aromatic nitrogens is 3. The zero-order chi connectivity index (χ0) is 25.1. The summed E-state index contributed by atoms with van der Waals surface area (Å²) in [4.78, 5) is 39.0. The molecule has 10 heteroatoms. The Balaban J connectivity index is 1.48. The van der Waals surface area contributed by atoms with Crippen LogP contribution in [0.5, 0.6) is 5.88 Å². The second-order valence-corrected chi connectivity index (χ2v) is 10.1. The van der Waals surface area contributed by atoms with Gasteiger partial charge in [0.05, 0.1) is 24.0 Å². The lowest BCUT2D eigenvalue weighted by molar-refractivity contribution is -0.137. The Bertz CT molecular complexity index is 1360. The number of pyridine rings is 3. The standard InChI is InChI=1S/C25H28N6O4/c1-13(32)31-11-14(12-31)34-22-17-9-27-20(8-16(17)18(10-28-22)24(2,3)26)29-19-7-6-15-21(30-19)25(4,5)35-23(15)33/h6-10,14H,11-12,26H2,1-5H3,(H,27,29,30). The molecule has 0 spiro atoms. The van der Waals surface area contributed by atoms with E-state index in [1.54, 1.807) is 36.4 Å². The van der Waals surface area contributed by atoms with E-state index >= 15 is 0 Å². The van der Waals surface area contributed by atoms with Crippen LogP contribution in [0.4, 0.5) is 11.6 Å². The molecule has 2 aliphatic heterocycles. The number of cyclic esters (lactones) is 1. The van der Waals surface area contributed by atoms with Crippen LogP contribution in [0.2, 0.25) is 0 Å². The molecule has 5 heterocycles. The van der Waals surface area contributed by atoms with E-state index in [9.17, 15) is 9.59 Å². The largest absolute Gasteiger partial charge is 0.470 e. The molecule has 0 aromatic carbocycles. The number of esters is 1. The van der Waals surface area contributed by atoms with Gasteiger partial charge in [-0.15, -0.1) is 0 Å². The highest BCUT2D eigenvalue weighted by Crippen LogP contribution is 2.36. The van der Waals surface area contributed by atoms with Crippen LogP contribution in [0.3, 0.4) is 0 Å². The molecule has 3 aromatic heterocycles. The van der Waals surface area contributed by atoms with Crippen molar-refractivity contribution in [2.45, 2.75) is 51.9 Å². The van der Waals surface area contributed by atoms with Crippen LogP contribution in [0.15, 0.2) is 30.6 Å². The van der Waals surface area contributed by atoms with Crippen molar-refractivity contribution in [2.75, 3.05) is 18.4 Å². The Morgan fingerprint density at radius 3 is 2.63 bits per heavy atom. The molecule has 0 radical (unpaired) electrons. The van der Waals surface area contributed by atoms with Gasteiger partial charge in [-0.25, -0.2) is 19.7 Å². The van der Waals surface area contributed by atoms with Crippen molar-refractivity contribution in [3.63, 3.8) is 0 Å². The first-order valence-electron chi connectivity index (χ1n) is 11.4. The van der Waals surface area contributed by atoms with Crippen molar-refractivity contribution < 1.29 is 19.1 Å². The molecule has 10 nitrogen and oxygen atoms in total. The van der Waals surface area contributed by atoms with E-state index in [0.717, 1.165) is 16.3 Å². The van der Waals surface area contributed by atoms with Crippen molar-refractivity contribution in [1.29, 1.82) is 0 Å². The van der Waals surface area contributed by atoms with Crippen molar-refractivity contribution in [1.82, 2.24) is 19.9 Å². The molecule has 35 heavy (non-hydrogen) atoms. The molecule has 1 saturated heterocycles. The fraction of sp³-hybridized carbons (Fsp3) is 0.400. The van der Waals surface area contributed by atoms with Gasteiger partial charge in [0.1, 0.15) is 29.0 Å². The van der Waals surface area contributed by atoms with Gasteiger partial charge in [-0.1, -0.05) is 0 Å². The van der Waals surface area contributed by atoms with Crippen molar-refractivity contribution in [3.8, 4) is 5.88 Å². The molecular formula is C25H28N6O4. The van der Waals surface area contributed by atoms with Crippen LogP contribution >= 0.6 is 0 Å². The normalized spacial score (nSPS) is 17.1. The Labute approximate surface area is 202 Å². The molecule has 5 rings (SSSR count). The Hall–Kier alpha value is -3.79. The first kappa shape index (κ1) is 23.0. The molecule has 182 valence electrons. The fourth-order valence-electron chi connectivity index (χ4n) is 4.33. The number of nitrogens with zero attached hydrogens (tertiary/aromatic N) is 4. The van der Waals surface area contributed by atoms with Crippen molar-refractivity contribution >= 4 is 34.3 Å². The minimum absolute atomic E-state index is 0.0276. The molecule has 0 aliphatic carbocycles. The number of nitrogens with one attached hydrogen (secondary N) is 1. The minimum atomic E-state index is -0.797. The molecule has 3 aromatic rings. The van der Waals surface area contributed by atoms with E-state index in [-0.39, 0.29) is 18.0 Å². The van der Waals surface area contributed by atoms with Crippen molar-refractivity contribution in [2.24, 2.45) is 5.73 Å². The van der Waals surface area contributed by atoms with Crippen LogP contribution in [0.25, 0.3) is 10.8 Å². The summed E-state index contributed by atoms with van der Waals surface area (Å²) in [6.07, 6.45) is 3.30. The number of likely N-dealkylation sites (tertiary alicyclic amines) is 1. The average molecular weight is 477 g/mol. The summed E-state index contributed by atoms with van der Waals surface area (Å²) in [5.41, 5.74) is 6.88. The van der Waals surface area contributed by atoms with E-state index in [0.29, 0.717) is 41.9 Å². The third-order valence-electron chi connectivity index (χ3n) is 6.29. The van der Waals surface area contributed by atoms with Crippen LogP contribution in [0, 0.1) is 0 Å². The van der Waals surface area contributed by atoms with E-state index in [1.807, 2.05) is 33.8 Å². The van der Waals surface area contributed by atoms with E-state index in [2.05, 4.69) is 20.3 Å². The summed E-state index contributed by atoms with van der Waals surface area (Å²) in [7, 11) is 0. The molecule has 3 N–H and O–H groups in total. The summed E-state index contributed by atoms with van der Waals surface area (Å²) in [6, 6.07) is 5.31. The van der Waals surface area contributed by atoms with Crippen LogP contribution < -0.4 is 15.8 Å². The summed E-state index contributed by atoms with van der Waals surface area (Å²) in [5.74, 6) is 1.20. The van der Waals surface area contributed by atoms with E-state index < -0.39 is 11.1 Å². The summed E-state index contributed by atoms with van der Waals surface area (Å²) in [6.45, 7) is 10.0. The lowest BCUT2D eigenvalue weighted by Crippen LogP contribution is -2.55. The number of carbonyl (C=O) groups is 2. The molecule has 0 bridgehead atoms. The van der Waals surface area contributed by atoms with Gasteiger partial charge in [0.2, 0.25) is 11.8 Å². The van der Waals surface area contributed by atoms with Gasteiger partial charge in [-0.05, 0) is 56.8 Å². The van der Waals surface area contributed by atoms with Gasteiger partial charge in [0.25, 0.3) is 0 Å². The maximum absolute atomic E-state index is 12.1. The van der Waals surface area contributed by atoms with Crippen molar-refractivity contribution in [3.05, 3.63) is 47.4 Å². The third-order valence-corrected chi connectivity index (χ3v) is 6.29. The highest BCUT2D eigenvalue weighted by molar-refractivity contribution is 5.94. The number of fused-ring (bicyclic) bond motifs is 2. The lowest BCUT2D eigenvalue weighted by Gasteiger charge is -2.38. The van der Waals surface area contributed by atoms with Crippen LogP contribution in [-0.4, -0.2) is 50.9 Å². The SMILES string of the molecule is CC(=O)N1CC(Oc2ncc(C(C)(C)N)c3cc(Nc4ccc5c(n4)C(C)(C)OC5=O)ncc23)C1. The Morgan fingerprint density at radius 1 is 1.20 bits per heavy atom. The first-order valence-corrected chi connectivity index (χ1v) is 11.4. The first-order chi connectivity index (χ1) is 16.4. The number of anilines is 2. The summed E-state index contributed by atoms with van der Waals surface area (Å²) in [5, 5.41) is 4.80. The topological polar surface area (TPSA) is 133 Å².